The van der Waals surface area contributed by atoms with Crippen molar-refractivity contribution in [1.29, 1.82) is 0 Å². The van der Waals surface area contributed by atoms with Gasteiger partial charge in [-0.25, -0.2) is 0 Å². The van der Waals surface area contributed by atoms with Crippen LogP contribution in [0.15, 0.2) is 24.3 Å². The molecule has 0 aliphatic carbocycles. The first-order valence-electron chi connectivity index (χ1n) is 18.6. The van der Waals surface area contributed by atoms with Gasteiger partial charge in [0.05, 0.1) is 18.8 Å². The van der Waals surface area contributed by atoms with Gasteiger partial charge in [-0.2, -0.15) is 0 Å². The molecule has 43 heavy (non-hydrogen) atoms. The van der Waals surface area contributed by atoms with Crippen molar-refractivity contribution in [3.05, 3.63) is 24.3 Å². The molecule has 0 aliphatic heterocycles. The van der Waals surface area contributed by atoms with Gasteiger partial charge in [-0.05, 0) is 64.2 Å². The Morgan fingerprint density at radius 1 is 0.558 bits per heavy atom. The molecule has 3 unspecified atom stereocenters. The largest absolute Gasteiger partial charge is 0.394 e. The van der Waals surface area contributed by atoms with E-state index in [0.717, 1.165) is 44.9 Å². The Hall–Kier alpha value is -1.17. The van der Waals surface area contributed by atoms with Crippen LogP contribution >= 0.6 is 0 Å². The van der Waals surface area contributed by atoms with Crippen LogP contribution in [0.25, 0.3) is 0 Å². The van der Waals surface area contributed by atoms with Crippen LogP contribution < -0.4 is 5.32 Å². The second-order valence-electron chi connectivity index (χ2n) is 12.8. The van der Waals surface area contributed by atoms with Crippen molar-refractivity contribution in [2.75, 3.05) is 6.61 Å². The Morgan fingerprint density at radius 2 is 0.930 bits per heavy atom. The molecule has 0 aliphatic rings. The highest BCUT2D eigenvalue weighted by molar-refractivity contribution is 5.76. The molecular weight excluding hydrogens is 534 g/mol. The highest BCUT2D eigenvalue weighted by atomic mass is 16.3. The highest BCUT2D eigenvalue weighted by Crippen LogP contribution is 2.14. The fourth-order valence-corrected chi connectivity index (χ4v) is 5.57. The van der Waals surface area contributed by atoms with Crippen molar-refractivity contribution in [1.82, 2.24) is 5.32 Å². The molecule has 0 heterocycles. The molecule has 0 fully saturated rings. The Kier molecular flexibility index (Phi) is 32.8. The minimum absolute atomic E-state index is 0.166. The molecule has 1 amide bonds. The number of hydrogen-bond donors (Lipinski definition) is 4. The topological polar surface area (TPSA) is 89.8 Å². The molecule has 0 aromatic heterocycles. The SMILES string of the molecule is CCCCC/C=C\CCCCCCCC(=O)NC(CO)C(O)C(O)CCC/C=C/CCCCCCCCCCCCCC. The summed E-state index contributed by atoms with van der Waals surface area (Å²) in [6, 6.07) is -0.826. The maximum absolute atomic E-state index is 12.3. The average Bonchev–Trinajstić information content (AvgIpc) is 3.01. The normalized spacial score (nSPS) is 14.1. The number of unbranched alkanes of at least 4 members (excludes halogenated alkanes) is 21. The van der Waals surface area contributed by atoms with E-state index in [1.165, 1.54) is 116 Å². The minimum Gasteiger partial charge on any atom is -0.394 e. The number of carbonyl (C=O) groups excluding carboxylic acids is 1. The molecule has 0 rings (SSSR count). The van der Waals surface area contributed by atoms with Gasteiger partial charge in [0.2, 0.25) is 5.91 Å². The predicted octanol–water partition coefficient (Wildman–Crippen LogP) is 9.87. The van der Waals surface area contributed by atoms with Gasteiger partial charge in [0.15, 0.2) is 0 Å². The molecule has 0 aromatic carbocycles. The van der Waals surface area contributed by atoms with Crippen LogP contribution in [0.2, 0.25) is 0 Å². The second-order valence-corrected chi connectivity index (χ2v) is 12.8. The molecule has 0 saturated carbocycles. The molecular formula is C38H73NO4. The maximum atomic E-state index is 12.3. The van der Waals surface area contributed by atoms with E-state index in [1.54, 1.807) is 0 Å². The zero-order valence-corrected chi connectivity index (χ0v) is 28.6. The quantitative estimate of drug-likeness (QED) is 0.0441. The lowest BCUT2D eigenvalue weighted by Gasteiger charge is -2.26. The van der Waals surface area contributed by atoms with Crippen LogP contribution in [0.1, 0.15) is 187 Å². The summed E-state index contributed by atoms with van der Waals surface area (Å²) in [5, 5.41) is 33.3. The van der Waals surface area contributed by atoms with Crippen molar-refractivity contribution in [2.45, 2.75) is 205 Å². The summed E-state index contributed by atoms with van der Waals surface area (Å²) in [5.41, 5.74) is 0. The lowest BCUT2D eigenvalue weighted by molar-refractivity contribution is -0.124. The van der Waals surface area contributed by atoms with Crippen molar-refractivity contribution < 1.29 is 20.1 Å². The number of hydrogen-bond acceptors (Lipinski definition) is 4. The van der Waals surface area contributed by atoms with Crippen LogP contribution in [-0.4, -0.2) is 46.1 Å². The van der Waals surface area contributed by atoms with E-state index in [4.69, 9.17) is 0 Å². The standard InChI is InChI=1S/C38H73NO4/c1-3-5-7-9-11-13-15-17-18-19-20-21-22-24-26-28-30-32-36(41)38(43)35(34-40)39-37(42)33-31-29-27-25-23-16-14-12-10-8-6-4-2/h12,14,24,26,35-36,38,40-41,43H,3-11,13,15-23,25,27-34H2,1-2H3,(H,39,42)/b14-12-,26-24+. The monoisotopic (exact) mass is 608 g/mol. The first-order valence-corrected chi connectivity index (χ1v) is 18.6. The first-order chi connectivity index (χ1) is 21.1. The summed E-state index contributed by atoms with van der Waals surface area (Å²) >= 11 is 0. The second kappa shape index (κ2) is 33.7. The van der Waals surface area contributed by atoms with E-state index in [-0.39, 0.29) is 12.5 Å². The summed E-state index contributed by atoms with van der Waals surface area (Å²) < 4.78 is 0. The van der Waals surface area contributed by atoms with Gasteiger partial charge in [0, 0.05) is 6.42 Å². The van der Waals surface area contributed by atoms with Gasteiger partial charge >= 0.3 is 0 Å². The Balaban J connectivity index is 3.74. The van der Waals surface area contributed by atoms with Crippen LogP contribution in [-0.2, 0) is 4.79 Å². The van der Waals surface area contributed by atoms with Crippen molar-refractivity contribution in [3.63, 3.8) is 0 Å². The van der Waals surface area contributed by atoms with E-state index in [0.29, 0.717) is 12.8 Å². The third-order valence-electron chi connectivity index (χ3n) is 8.53. The molecule has 0 bridgehead atoms. The molecule has 5 nitrogen and oxygen atoms in total. The van der Waals surface area contributed by atoms with Crippen molar-refractivity contribution >= 4 is 5.91 Å². The lowest BCUT2D eigenvalue weighted by Crippen LogP contribution is -2.50. The first kappa shape index (κ1) is 41.8. The molecule has 254 valence electrons. The summed E-state index contributed by atoms with van der Waals surface area (Å²) in [5.74, 6) is -0.166. The number of nitrogens with one attached hydrogen (secondary N) is 1. The zero-order chi connectivity index (χ0) is 31.6. The van der Waals surface area contributed by atoms with E-state index >= 15 is 0 Å². The zero-order valence-electron chi connectivity index (χ0n) is 28.6. The van der Waals surface area contributed by atoms with Gasteiger partial charge in [-0.15, -0.1) is 0 Å². The Morgan fingerprint density at radius 3 is 1.40 bits per heavy atom. The smallest absolute Gasteiger partial charge is 0.220 e. The summed E-state index contributed by atoms with van der Waals surface area (Å²) in [7, 11) is 0. The van der Waals surface area contributed by atoms with Crippen molar-refractivity contribution in [3.8, 4) is 0 Å². The van der Waals surface area contributed by atoms with E-state index in [1.807, 2.05) is 0 Å². The van der Waals surface area contributed by atoms with E-state index in [2.05, 4.69) is 43.5 Å². The number of rotatable bonds is 33. The van der Waals surface area contributed by atoms with Gasteiger partial charge in [-0.1, -0.05) is 141 Å². The molecule has 0 spiro atoms. The van der Waals surface area contributed by atoms with E-state index in [9.17, 15) is 20.1 Å². The number of amides is 1. The van der Waals surface area contributed by atoms with E-state index < -0.39 is 18.2 Å². The average molecular weight is 608 g/mol. The fraction of sp³-hybridized carbons (Fsp3) is 0.868. The number of aliphatic hydroxyl groups is 3. The number of carbonyl (C=O) groups is 1. The number of allylic oxidation sites excluding steroid dienone is 4. The third-order valence-corrected chi connectivity index (χ3v) is 8.53. The molecule has 0 radical (unpaired) electrons. The van der Waals surface area contributed by atoms with Crippen LogP contribution in [0.5, 0.6) is 0 Å². The summed E-state index contributed by atoms with van der Waals surface area (Å²) in [6.07, 6.45) is 38.4. The highest BCUT2D eigenvalue weighted by Gasteiger charge is 2.26. The maximum Gasteiger partial charge on any atom is 0.220 e. The van der Waals surface area contributed by atoms with Gasteiger partial charge in [0.1, 0.15) is 6.10 Å². The molecule has 0 aromatic rings. The molecule has 4 N–H and O–H groups in total. The van der Waals surface area contributed by atoms with Crippen LogP contribution in [0.3, 0.4) is 0 Å². The van der Waals surface area contributed by atoms with Crippen molar-refractivity contribution in [2.24, 2.45) is 0 Å². The molecule has 0 saturated heterocycles. The minimum atomic E-state index is -1.16. The van der Waals surface area contributed by atoms with Gasteiger partial charge < -0.3 is 20.6 Å². The third kappa shape index (κ3) is 29.3. The van der Waals surface area contributed by atoms with Gasteiger partial charge in [0.25, 0.3) is 0 Å². The summed E-state index contributed by atoms with van der Waals surface area (Å²) in [4.78, 5) is 12.3. The fourth-order valence-electron chi connectivity index (χ4n) is 5.57. The Bertz CT molecular complexity index is 635. The summed E-state index contributed by atoms with van der Waals surface area (Å²) in [6.45, 7) is 4.12. The Labute approximate surface area is 267 Å². The molecule has 5 heteroatoms. The van der Waals surface area contributed by atoms with Crippen LogP contribution in [0, 0.1) is 0 Å². The van der Waals surface area contributed by atoms with Crippen LogP contribution in [0.4, 0.5) is 0 Å². The lowest BCUT2D eigenvalue weighted by atomic mass is 10.0. The number of aliphatic hydroxyl groups excluding tert-OH is 3. The van der Waals surface area contributed by atoms with Gasteiger partial charge in [-0.3, -0.25) is 4.79 Å². The molecule has 3 atom stereocenters. The predicted molar refractivity (Wildman–Crippen MR) is 185 cm³/mol.